The second kappa shape index (κ2) is 8.35. The predicted molar refractivity (Wildman–Crippen MR) is 101 cm³/mol. The normalized spacial score (nSPS) is 10.7. The minimum Gasteiger partial charge on any atom is -0.493 e. The van der Waals surface area contributed by atoms with Crippen LogP contribution in [0.25, 0.3) is 6.08 Å². The summed E-state index contributed by atoms with van der Waals surface area (Å²) in [4.78, 5) is 10.6. The summed E-state index contributed by atoms with van der Waals surface area (Å²) in [6.07, 6.45) is 2.61. The number of carbonyl (C=O) groups is 1. The second-order valence-corrected chi connectivity index (χ2v) is 6.70. The zero-order valence-electron chi connectivity index (χ0n) is 12.3. The summed E-state index contributed by atoms with van der Waals surface area (Å²) in [6, 6.07) is 11.5. The van der Waals surface area contributed by atoms with Gasteiger partial charge >= 0.3 is 5.97 Å². The van der Waals surface area contributed by atoms with Gasteiger partial charge in [-0.15, -0.1) is 0 Å². The van der Waals surface area contributed by atoms with Crippen LogP contribution in [0.15, 0.2) is 46.9 Å². The van der Waals surface area contributed by atoms with Crippen LogP contribution in [0, 0.1) is 3.57 Å². The molecule has 0 heterocycles. The van der Waals surface area contributed by atoms with Gasteiger partial charge in [0.05, 0.1) is 10.7 Å². The molecule has 0 atom stereocenters. The van der Waals surface area contributed by atoms with Crippen LogP contribution in [0.2, 0.25) is 0 Å². The van der Waals surface area contributed by atoms with E-state index in [0.717, 1.165) is 25.2 Å². The van der Waals surface area contributed by atoms with Gasteiger partial charge in [-0.25, -0.2) is 4.79 Å². The van der Waals surface area contributed by atoms with Crippen LogP contribution >= 0.6 is 38.5 Å². The molecular weight excluding hydrogens is 475 g/mol. The number of methoxy groups -OCH3 is 1. The average Bonchev–Trinajstić information content (AvgIpc) is 2.53. The molecule has 0 aliphatic rings. The molecule has 0 aliphatic carbocycles. The van der Waals surface area contributed by atoms with Crippen molar-refractivity contribution in [1.82, 2.24) is 0 Å². The third-order valence-electron chi connectivity index (χ3n) is 2.97. The van der Waals surface area contributed by atoms with E-state index in [9.17, 15) is 4.79 Å². The summed E-state index contributed by atoms with van der Waals surface area (Å²) in [6.45, 7) is 0.421. The van der Waals surface area contributed by atoms with Crippen LogP contribution in [-0.4, -0.2) is 18.2 Å². The van der Waals surface area contributed by atoms with E-state index >= 15 is 0 Å². The standard InChI is InChI=1S/C17H14BrIO4/c1-22-15-9-12(4-7-16(20)21)8-14(19)17(15)23-10-11-2-5-13(18)6-3-11/h2-9H,10H2,1H3,(H,20,21). The van der Waals surface area contributed by atoms with E-state index in [1.807, 2.05) is 30.3 Å². The minimum absolute atomic E-state index is 0.421. The van der Waals surface area contributed by atoms with Gasteiger partial charge < -0.3 is 14.6 Å². The summed E-state index contributed by atoms with van der Waals surface area (Å²) < 4.78 is 13.1. The molecule has 0 aromatic heterocycles. The molecule has 4 nitrogen and oxygen atoms in total. The molecule has 2 aromatic carbocycles. The Balaban J connectivity index is 2.20. The summed E-state index contributed by atoms with van der Waals surface area (Å²) >= 11 is 5.54. The van der Waals surface area contributed by atoms with E-state index < -0.39 is 5.97 Å². The summed E-state index contributed by atoms with van der Waals surface area (Å²) in [5, 5.41) is 8.71. The van der Waals surface area contributed by atoms with Crippen molar-refractivity contribution in [3.05, 3.63) is 61.6 Å². The van der Waals surface area contributed by atoms with Gasteiger partial charge in [-0.2, -0.15) is 0 Å². The van der Waals surface area contributed by atoms with Crippen molar-refractivity contribution in [3.63, 3.8) is 0 Å². The molecule has 0 fully saturated rings. The Morgan fingerprint density at radius 1 is 1.30 bits per heavy atom. The van der Waals surface area contributed by atoms with Gasteiger partial charge in [-0.3, -0.25) is 0 Å². The number of benzene rings is 2. The highest BCUT2D eigenvalue weighted by molar-refractivity contribution is 14.1. The lowest BCUT2D eigenvalue weighted by Gasteiger charge is -2.13. The van der Waals surface area contributed by atoms with Crippen molar-refractivity contribution in [3.8, 4) is 11.5 Å². The molecule has 2 rings (SSSR count). The highest BCUT2D eigenvalue weighted by Gasteiger charge is 2.11. The van der Waals surface area contributed by atoms with Crippen molar-refractivity contribution in [2.75, 3.05) is 7.11 Å². The van der Waals surface area contributed by atoms with Gasteiger partial charge in [0.15, 0.2) is 11.5 Å². The van der Waals surface area contributed by atoms with Crippen molar-refractivity contribution in [1.29, 1.82) is 0 Å². The Kier molecular flexibility index (Phi) is 6.47. The molecule has 0 bridgehead atoms. The fourth-order valence-electron chi connectivity index (χ4n) is 1.88. The molecule has 0 aliphatic heterocycles. The van der Waals surface area contributed by atoms with Gasteiger partial charge in [0.25, 0.3) is 0 Å². The smallest absolute Gasteiger partial charge is 0.328 e. The number of hydrogen-bond donors (Lipinski definition) is 1. The van der Waals surface area contributed by atoms with Crippen molar-refractivity contribution in [2.45, 2.75) is 6.61 Å². The molecule has 2 aromatic rings. The molecule has 0 saturated carbocycles. The highest BCUT2D eigenvalue weighted by Crippen LogP contribution is 2.35. The Labute approximate surface area is 156 Å². The van der Waals surface area contributed by atoms with Crippen LogP contribution < -0.4 is 9.47 Å². The molecule has 0 unspecified atom stereocenters. The fraction of sp³-hybridized carbons (Fsp3) is 0.118. The van der Waals surface area contributed by atoms with E-state index in [0.29, 0.717) is 18.1 Å². The van der Waals surface area contributed by atoms with E-state index in [1.54, 1.807) is 13.2 Å². The molecule has 0 spiro atoms. The predicted octanol–water partition coefficient (Wildman–Crippen LogP) is 4.74. The molecular formula is C17H14BrIO4. The van der Waals surface area contributed by atoms with Crippen molar-refractivity contribution < 1.29 is 19.4 Å². The summed E-state index contributed by atoms with van der Waals surface area (Å²) in [5.74, 6) is 0.220. The van der Waals surface area contributed by atoms with Crippen LogP contribution in [0.4, 0.5) is 0 Å². The lowest BCUT2D eigenvalue weighted by Crippen LogP contribution is -2.00. The van der Waals surface area contributed by atoms with E-state index in [1.165, 1.54) is 6.08 Å². The number of halogens is 2. The number of aliphatic carboxylic acids is 1. The number of carboxylic acid groups (broad SMARTS) is 1. The first-order valence-electron chi connectivity index (χ1n) is 6.65. The zero-order chi connectivity index (χ0) is 16.8. The van der Waals surface area contributed by atoms with Crippen LogP contribution in [0.5, 0.6) is 11.5 Å². The maximum atomic E-state index is 10.6. The Morgan fingerprint density at radius 2 is 2.00 bits per heavy atom. The van der Waals surface area contributed by atoms with Gasteiger partial charge in [0, 0.05) is 10.5 Å². The lowest BCUT2D eigenvalue weighted by molar-refractivity contribution is -0.131. The molecule has 0 radical (unpaired) electrons. The molecule has 23 heavy (non-hydrogen) atoms. The molecule has 6 heteroatoms. The first-order chi connectivity index (χ1) is 11.0. The SMILES string of the molecule is COc1cc(C=CC(=O)O)cc(I)c1OCc1ccc(Br)cc1. The fourth-order valence-corrected chi connectivity index (χ4v) is 2.93. The van der Waals surface area contributed by atoms with Crippen LogP contribution in [-0.2, 0) is 11.4 Å². The largest absolute Gasteiger partial charge is 0.493 e. The lowest BCUT2D eigenvalue weighted by atomic mass is 10.2. The third kappa shape index (κ3) is 5.24. The summed E-state index contributed by atoms with van der Waals surface area (Å²) in [5.41, 5.74) is 1.78. The highest BCUT2D eigenvalue weighted by atomic mass is 127. The number of rotatable bonds is 6. The van der Waals surface area contributed by atoms with E-state index in [4.69, 9.17) is 14.6 Å². The monoisotopic (exact) mass is 488 g/mol. The van der Waals surface area contributed by atoms with E-state index in [2.05, 4.69) is 38.5 Å². The minimum atomic E-state index is -0.991. The van der Waals surface area contributed by atoms with Crippen molar-refractivity contribution in [2.24, 2.45) is 0 Å². The van der Waals surface area contributed by atoms with E-state index in [-0.39, 0.29) is 0 Å². The Morgan fingerprint density at radius 3 is 2.61 bits per heavy atom. The van der Waals surface area contributed by atoms with Crippen LogP contribution in [0.1, 0.15) is 11.1 Å². The van der Waals surface area contributed by atoms with Gasteiger partial charge in [0.1, 0.15) is 6.61 Å². The first-order valence-corrected chi connectivity index (χ1v) is 8.52. The third-order valence-corrected chi connectivity index (χ3v) is 4.30. The topological polar surface area (TPSA) is 55.8 Å². The first kappa shape index (κ1) is 17.8. The Hall–Kier alpha value is -1.54. The molecule has 0 amide bonds. The number of hydrogen-bond acceptors (Lipinski definition) is 3. The average molecular weight is 489 g/mol. The number of carboxylic acids is 1. The maximum absolute atomic E-state index is 10.6. The zero-order valence-corrected chi connectivity index (χ0v) is 16.0. The van der Waals surface area contributed by atoms with Crippen LogP contribution in [0.3, 0.4) is 0 Å². The summed E-state index contributed by atoms with van der Waals surface area (Å²) in [7, 11) is 1.56. The maximum Gasteiger partial charge on any atom is 0.328 e. The molecule has 0 saturated heterocycles. The van der Waals surface area contributed by atoms with Crippen molar-refractivity contribution >= 4 is 50.6 Å². The number of ether oxygens (including phenoxy) is 2. The molecule has 1 N–H and O–H groups in total. The Bertz CT molecular complexity index is 726. The van der Waals surface area contributed by atoms with Gasteiger partial charge in [-0.05, 0) is 64.1 Å². The van der Waals surface area contributed by atoms with Gasteiger partial charge in [-0.1, -0.05) is 28.1 Å². The second-order valence-electron chi connectivity index (χ2n) is 4.62. The molecule has 120 valence electrons. The van der Waals surface area contributed by atoms with Gasteiger partial charge in [0.2, 0.25) is 0 Å². The quantitative estimate of drug-likeness (QED) is 0.471.